The van der Waals surface area contributed by atoms with Crippen molar-refractivity contribution in [2.24, 2.45) is 5.10 Å². The van der Waals surface area contributed by atoms with Crippen LogP contribution in [0.5, 0.6) is 0 Å². The molecule has 3 rings (SSSR count). The fourth-order valence-electron chi connectivity index (χ4n) is 3.22. The molecule has 0 unspecified atom stereocenters. The number of carbonyl (C=O) groups is 2. The van der Waals surface area contributed by atoms with E-state index in [-0.39, 0.29) is 17.9 Å². The highest BCUT2D eigenvalue weighted by Crippen LogP contribution is 2.24. The summed E-state index contributed by atoms with van der Waals surface area (Å²) >= 11 is 0. The Kier molecular flexibility index (Phi) is 4.46. The summed E-state index contributed by atoms with van der Waals surface area (Å²) in [4.78, 5) is 23.8. The number of fused-ring (bicyclic) bond motifs is 1. The molecule has 0 saturated heterocycles. The fraction of sp³-hybridized carbons (Fsp3) is 0.500. The van der Waals surface area contributed by atoms with Gasteiger partial charge >= 0.3 is 0 Å². The van der Waals surface area contributed by atoms with Crippen LogP contribution in [0.2, 0.25) is 0 Å². The van der Waals surface area contributed by atoms with Crippen LogP contribution in [0.4, 0.5) is 0 Å². The number of carbonyl (C=O) groups excluding carboxylic acids is 2. The van der Waals surface area contributed by atoms with Crippen LogP contribution in [0.3, 0.4) is 0 Å². The van der Waals surface area contributed by atoms with E-state index < -0.39 is 0 Å². The smallest absolute Gasteiger partial charge is 0.267 e. The Bertz CT molecular complexity index is 666. The predicted octanol–water partition coefficient (Wildman–Crippen LogP) is 2.35. The van der Waals surface area contributed by atoms with Crippen LogP contribution in [0, 0.1) is 0 Å². The van der Waals surface area contributed by atoms with Crippen molar-refractivity contribution in [3.8, 4) is 0 Å². The Hall–Kier alpha value is -2.17. The van der Waals surface area contributed by atoms with Crippen LogP contribution in [0.25, 0.3) is 0 Å². The van der Waals surface area contributed by atoms with E-state index in [9.17, 15) is 9.59 Å². The molecule has 0 fully saturated rings. The Labute approximate surface area is 136 Å². The maximum atomic E-state index is 12.3. The van der Waals surface area contributed by atoms with Gasteiger partial charge in [-0.05, 0) is 49.3 Å². The lowest BCUT2D eigenvalue weighted by Crippen LogP contribution is -2.38. The zero-order valence-corrected chi connectivity index (χ0v) is 13.8. The Balaban J connectivity index is 1.69. The van der Waals surface area contributed by atoms with E-state index in [0.29, 0.717) is 18.6 Å². The summed E-state index contributed by atoms with van der Waals surface area (Å²) in [5, 5.41) is 8.32. The zero-order valence-electron chi connectivity index (χ0n) is 13.8. The number of rotatable bonds is 3. The lowest BCUT2D eigenvalue weighted by atomic mass is 9.89. The minimum absolute atomic E-state index is 0.0516. The van der Waals surface area contributed by atoms with E-state index in [1.54, 1.807) is 7.05 Å². The Morgan fingerprint density at radius 2 is 1.91 bits per heavy atom. The highest BCUT2D eigenvalue weighted by Gasteiger charge is 2.23. The molecule has 1 aliphatic heterocycles. The molecule has 0 bridgehead atoms. The summed E-state index contributed by atoms with van der Waals surface area (Å²) in [6.07, 6.45) is 5.55. The van der Waals surface area contributed by atoms with Crippen molar-refractivity contribution in [1.29, 1.82) is 0 Å². The van der Waals surface area contributed by atoms with Gasteiger partial charge in [0.25, 0.3) is 5.91 Å². The van der Waals surface area contributed by atoms with Crippen molar-refractivity contribution in [3.05, 3.63) is 34.9 Å². The highest BCUT2D eigenvalue weighted by molar-refractivity contribution is 6.39. The minimum atomic E-state index is -0.186. The predicted molar refractivity (Wildman–Crippen MR) is 89.1 cm³/mol. The average Bonchev–Trinajstić information content (AvgIpc) is 2.56. The molecule has 1 heterocycles. The second-order valence-corrected chi connectivity index (χ2v) is 6.39. The van der Waals surface area contributed by atoms with Gasteiger partial charge in [-0.15, -0.1) is 0 Å². The molecule has 5 heteroatoms. The molecule has 122 valence electrons. The van der Waals surface area contributed by atoms with Gasteiger partial charge in [0.2, 0.25) is 5.91 Å². The molecule has 1 N–H and O–H groups in total. The number of benzene rings is 1. The van der Waals surface area contributed by atoms with Crippen LogP contribution in [-0.4, -0.2) is 29.6 Å². The van der Waals surface area contributed by atoms with Gasteiger partial charge in [0.05, 0.1) is 6.04 Å². The summed E-state index contributed by atoms with van der Waals surface area (Å²) in [6, 6.07) is 6.45. The molecule has 23 heavy (non-hydrogen) atoms. The number of amides is 2. The van der Waals surface area contributed by atoms with Crippen molar-refractivity contribution in [2.75, 3.05) is 7.05 Å². The third kappa shape index (κ3) is 3.44. The van der Waals surface area contributed by atoms with Crippen molar-refractivity contribution in [2.45, 2.75) is 51.5 Å². The molecule has 1 aromatic rings. The molecule has 1 aromatic carbocycles. The first-order valence-corrected chi connectivity index (χ1v) is 8.31. The molecule has 0 spiro atoms. The van der Waals surface area contributed by atoms with Gasteiger partial charge in [-0.1, -0.05) is 18.2 Å². The van der Waals surface area contributed by atoms with Crippen LogP contribution >= 0.6 is 0 Å². The quantitative estimate of drug-likeness (QED) is 0.931. The Morgan fingerprint density at radius 3 is 2.65 bits per heavy atom. The van der Waals surface area contributed by atoms with Gasteiger partial charge < -0.3 is 5.32 Å². The van der Waals surface area contributed by atoms with E-state index in [1.165, 1.54) is 29.0 Å². The van der Waals surface area contributed by atoms with Crippen LogP contribution in [-0.2, 0) is 22.4 Å². The number of hydrazone groups is 1. The molecular formula is C18H23N3O2. The first kappa shape index (κ1) is 15.7. The number of hydrogen-bond acceptors (Lipinski definition) is 3. The molecular weight excluding hydrogens is 290 g/mol. The maximum absolute atomic E-state index is 12.3. The monoisotopic (exact) mass is 313 g/mol. The van der Waals surface area contributed by atoms with Gasteiger partial charge in [-0.2, -0.15) is 5.10 Å². The molecule has 2 aliphatic rings. The first-order valence-electron chi connectivity index (χ1n) is 8.31. The van der Waals surface area contributed by atoms with Crippen molar-refractivity contribution < 1.29 is 9.59 Å². The number of nitrogens with one attached hydrogen (secondary N) is 1. The molecule has 0 saturated carbocycles. The van der Waals surface area contributed by atoms with E-state index in [4.69, 9.17) is 0 Å². The summed E-state index contributed by atoms with van der Waals surface area (Å²) in [7, 11) is 1.59. The lowest BCUT2D eigenvalue weighted by Gasteiger charge is -2.22. The third-order valence-corrected chi connectivity index (χ3v) is 4.69. The largest absolute Gasteiger partial charge is 0.344 e. The molecule has 1 atom stereocenters. The molecule has 2 amide bonds. The van der Waals surface area contributed by atoms with E-state index >= 15 is 0 Å². The number of aryl methyl sites for hydroxylation is 2. The molecule has 1 aliphatic carbocycles. The van der Waals surface area contributed by atoms with E-state index in [2.05, 4.69) is 28.6 Å². The third-order valence-electron chi connectivity index (χ3n) is 4.69. The fourth-order valence-corrected chi connectivity index (χ4v) is 3.22. The number of nitrogens with zero attached hydrogens (tertiary/aromatic N) is 2. The summed E-state index contributed by atoms with van der Waals surface area (Å²) in [6.45, 7) is 1.99. The van der Waals surface area contributed by atoms with Gasteiger partial charge in [-0.25, -0.2) is 5.01 Å². The zero-order chi connectivity index (χ0) is 16.4. The number of hydrogen-bond donors (Lipinski definition) is 1. The second kappa shape index (κ2) is 6.52. The Morgan fingerprint density at radius 1 is 1.17 bits per heavy atom. The molecule has 5 nitrogen and oxygen atoms in total. The van der Waals surface area contributed by atoms with Crippen LogP contribution in [0.15, 0.2) is 23.3 Å². The SMILES string of the molecule is C[C@@H](NC(=O)C1=NN(C)C(=O)CC1)c1ccc2c(c1)CCCC2. The lowest BCUT2D eigenvalue weighted by molar-refractivity contribution is -0.130. The van der Waals surface area contributed by atoms with Gasteiger partial charge in [0.1, 0.15) is 5.71 Å². The van der Waals surface area contributed by atoms with Crippen LogP contribution < -0.4 is 5.32 Å². The summed E-state index contributed by atoms with van der Waals surface area (Å²) in [5.41, 5.74) is 4.40. The maximum Gasteiger partial charge on any atom is 0.267 e. The van der Waals surface area contributed by atoms with Gasteiger partial charge in [-0.3, -0.25) is 9.59 Å². The topological polar surface area (TPSA) is 61.8 Å². The minimum Gasteiger partial charge on any atom is -0.344 e. The van der Waals surface area contributed by atoms with E-state index in [1.807, 2.05) is 6.92 Å². The van der Waals surface area contributed by atoms with Crippen molar-refractivity contribution >= 4 is 17.5 Å². The summed E-state index contributed by atoms with van der Waals surface area (Å²) < 4.78 is 0. The summed E-state index contributed by atoms with van der Waals surface area (Å²) in [5.74, 6) is -0.237. The van der Waals surface area contributed by atoms with Crippen LogP contribution in [0.1, 0.15) is 55.3 Å². The van der Waals surface area contributed by atoms with Gasteiger partial charge in [0.15, 0.2) is 0 Å². The van der Waals surface area contributed by atoms with E-state index in [0.717, 1.165) is 18.4 Å². The normalized spacial score (nSPS) is 19.0. The highest BCUT2D eigenvalue weighted by atomic mass is 16.2. The average molecular weight is 313 g/mol. The first-order chi connectivity index (χ1) is 11.0. The second-order valence-electron chi connectivity index (χ2n) is 6.39. The molecule has 0 aromatic heterocycles. The van der Waals surface area contributed by atoms with Gasteiger partial charge in [0, 0.05) is 19.9 Å². The standard InChI is InChI=1S/C18H23N3O2/c1-12(14-8-7-13-5-3-4-6-15(13)11-14)19-18(23)16-9-10-17(22)21(2)20-16/h7-8,11-12H,3-6,9-10H2,1-2H3,(H,19,23)/t12-/m1/s1. The van der Waals surface area contributed by atoms with Crippen molar-refractivity contribution in [3.63, 3.8) is 0 Å². The van der Waals surface area contributed by atoms with Crippen molar-refractivity contribution in [1.82, 2.24) is 10.3 Å². The molecule has 0 radical (unpaired) electrons.